The summed E-state index contributed by atoms with van der Waals surface area (Å²) in [7, 11) is 2.10. The Morgan fingerprint density at radius 1 is 1.33 bits per heavy atom. The molecule has 0 aliphatic carbocycles. The highest BCUT2D eigenvalue weighted by Crippen LogP contribution is 2.07. The molecule has 2 rings (SSSR count). The van der Waals surface area contributed by atoms with E-state index >= 15 is 0 Å². The van der Waals surface area contributed by atoms with E-state index in [2.05, 4.69) is 24.2 Å². The first-order valence-corrected chi connectivity index (χ1v) is 6.44. The molecule has 0 radical (unpaired) electrons. The molecule has 1 unspecified atom stereocenters. The molecule has 1 aliphatic rings. The Bertz CT molecular complexity index is 393. The Kier molecular flexibility index (Phi) is 4.20. The third-order valence-electron chi connectivity index (χ3n) is 3.53. The zero-order valence-electron chi connectivity index (χ0n) is 11.1. The van der Waals surface area contributed by atoms with Gasteiger partial charge in [-0.3, -0.25) is 0 Å². The Balaban J connectivity index is 1.82. The molecule has 18 heavy (non-hydrogen) atoms. The smallest absolute Gasteiger partial charge is 0.317 e. The first-order chi connectivity index (χ1) is 8.66. The summed E-state index contributed by atoms with van der Waals surface area (Å²) in [5.41, 5.74) is 1.13. The van der Waals surface area contributed by atoms with Crippen molar-refractivity contribution in [3.8, 4) is 0 Å². The van der Waals surface area contributed by atoms with E-state index in [0.717, 1.165) is 25.2 Å². The van der Waals surface area contributed by atoms with E-state index in [4.69, 9.17) is 0 Å². The van der Waals surface area contributed by atoms with Crippen LogP contribution in [-0.4, -0.2) is 48.6 Å². The molecule has 2 amide bonds. The van der Waals surface area contributed by atoms with Gasteiger partial charge in [0, 0.05) is 32.2 Å². The highest BCUT2D eigenvalue weighted by Gasteiger charge is 2.23. The van der Waals surface area contributed by atoms with E-state index in [9.17, 15) is 4.79 Å². The van der Waals surface area contributed by atoms with Crippen molar-refractivity contribution in [2.24, 2.45) is 0 Å². The van der Waals surface area contributed by atoms with Gasteiger partial charge >= 0.3 is 6.03 Å². The van der Waals surface area contributed by atoms with E-state index in [1.54, 1.807) is 0 Å². The molecule has 1 N–H and O–H groups in total. The quantitative estimate of drug-likeness (QED) is 0.860. The lowest BCUT2D eigenvalue weighted by atomic mass is 10.2. The molecule has 1 aliphatic heterocycles. The maximum Gasteiger partial charge on any atom is 0.317 e. The molecular formula is C14H21N3O. The maximum absolute atomic E-state index is 12.0. The second-order valence-electron chi connectivity index (χ2n) is 4.92. The molecule has 1 fully saturated rings. The van der Waals surface area contributed by atoms with Gasteiger partial charge < -0.3 is 15.1 Å². The number of hydrogen-bond donors (Lipinski definition) is 1. The van der Waals surface area contributed by atoms with Crippen molar-refractivity contribution in [1.82, 2.24) is 15.1 Å². The van der Waals surface area contributed by atoms with Crippen LogP contribution < -0.4 is 5.32 Å². The minimum absolute atomic E-state index is 0.0406. The summed E-state index contributed by atoms with van der Waals surface area (Å²) in [5, 5.41) is 2.97. The van der Waals surface area contributed by atoms with E-state index < -0.39 is 0 Å². The van der Waals surface area contributed by atoms with Gasteiger partial charge in [0.15, 0.2) is 0 Å². The highest BCUT2D eigenvalue weighted by molar-refractivity contribution is 5.74. The van der Waals surface area contributed by atoms with Crippen LogP contribution in [0.3, 0.4) is 0 Å². The van der Waals surface area contributed by atoms with Crippen molar-refractivity contribution in [2.45, 2.75) is 19.5 Å². The number of likely N-dealkylation sites (N-methyl/N-ethyl adjacent to an activating group) is 1. The van der Waals surface area contributed by atoms with Crippen LogP contribution in [0.4, 0.5) is 4.79 Å². The number of carbonyl (C=O) groups is 1. The second kappa shape index (κ2) is 5.87. The average molecular weight is 247 g/mol. The number of carbonyl (C=O) groups excluding carboxylic acids is 1. The van der Waals surface area contributed by atoms with E-state index in [1.165, 1.54) is 0 Å². The number of hydrogen-bond acceptors (Lipinski definition) is 2. The summed E-state index contributed by atoms with van der Waals surface area (Å²) in [6, 6.07) is 10.5. The topological polar surface area (TPSA) is 35.6 Å². The standard InChI is InChI=1S/C14H21N3O/c1-12-11-17(9-8-16(12)2)14(18)15-10-13-6-4-3-5-7-13/h3-7,12H,8-11H2,1-2H3,(H,15,18). The molecule has 1 aromatic rings. The van der Waals surface area contributed by atoms with Crippen LogP contribution in [0.1, 0.15) is 12.5 Å². The summed E-state index contributed by atoms with van der Waals surface area (Å²) >= 11 is 0. The van der Waals surface area contributed by atoms with Crippen molar-refractivity contribution in [3.05, 3.63) is 35.9 Å². The van der Waals surface area contributed by atoms with E-state index in [0.29, 0.717) is 12.6 Å². The van der Waals surface area contributed by atoms with Crippen LogP contribution in [-0.2, 0) is 6.54 Å². The Hall–Kier alpha value is -1.55. The molecular weight excluding hydrogens is 226 g/mol. The van der Waals surface area contributed by atoms with Crippen molar-refractivity contribution in [1.29, 1.82) is 0 Å². The fourth-order valence-corrected chi connectivity index (χ4v) is 2.12. The Morgan fingerprint density at radius 2 is 2.06 bits per heavy atom. The minimum Gasteiger partial charge on any atom is -0.334 e. The second-order valence-corrected chi connectivity index (χ2v) is 4.92. The SMILES string of the molecule is CC1CN(C(=O)NCc2ccccc2)CCN1C. The summed E-state index contributed by atoms with van der Waals surface area (Å²) in [6.45, 7) is 5.30. The summed E-state index contributed by atoms with van der Waals surface area (Å²) < 4.78 is 0. The predicted octanol–water partition coefficient (Wildman–Crippen LogP) is 1.53. The van der Waals surface area contributed by atoms with Crippen LogP contribution >= 0.6 is 0 Å². The van der Waals surface area contributed by atoms with Crippen molar-refractivity contribution in [3.63, 3.8) is 0 Å². The largest absolute Gasteiger partial charge is 0.334 e. The third kappa shape index (κ3) is 3.23. The van der Waals surface area contributed by atoms with Gasteiger partial charge in [-0.25, -0.2) is 4.79 Å². The van der Waals surface area contributed by atoms with E-state index in [-0.39, 0.29) is 6.03 Å². The zero-order chi connectivity index (χ0) is 13.0. The van der Waals surface area contributed by atoms with E-state index in [1.807, 2.05) is 35.2 Å². The number of nitrogens with zero attached hydrogens (tertiary/aromatic N) is 2. The lowest BCUT2D eigenvalue weighted by molar-refractivity contribution is 0.118. The number of piperazine rings is 1. The van der Waals surface area contributed by atoms with Gasteiger partial charge in [-0.05, 0) is 19.5 Å². The normalized spacial score (nSPS) is 20.8. The van der Waals surface area contributed by atoms with Crippen LogP contribution in [0.2, 0.25) is 0 Å². The van der Waals surface area contributed by atoms with Gasteiger partial charge in [-0.2, -0.15) is 0 Å². The van der Waals surface area contributed by atoms with Crippen molar-refractivity contribution < 1.29 is 4.79 Å². The predicted molar refractivity (Wildman–Crippen MR) is 72.3 cm³/mol. The molecule has 0 aromatic heterocycles. The molecule has 1 heterocycles. The summed E-state index contributed by atoms with van der Waals surface area (Å²) in [5.74, 6) is 0. The molecule has 0 bridgehead atoms. The minimum atomic E-state index is 0.0406. The number of rotatable bonds is 2. The number of benzene rings is 1. The molecule has 1 aromatic carbocycles. The zero-order valence-corrected chi connectivity index (χ0v) is 11.1. The van der Waals surface area contributed by atoms with Gasteiger partial charge in [0.25, 0.3) is 0 Å². The first kappa shape index (κ1) is 12.9. The monoisotopic (exact) mass is 247 g/mol. The van der Waals surface area contributed by atoms with Gasteiger partial charge in [0.1, 0.15) is 0 Å². The molecule has 0 spiro atoms. The fraction of sp³-hybridized carbons (Fsp3) is 0.500. The fourth-order valence-electron chi connectivity index (χ4n) is 2.12. The lowest BCUT2D eigenvalue weighted by Crippen LogP contribution is -2.54. The van der Waals surface area contributed by atoms with Crippen molar-refractivity contribution in [2.75, 3.05) is 26.7 Å². The average Bonchev–Trinajstić information content (AvgIpc) is 2.40. The number of nitrogens with one attached hydrogen (secondary N) is 1. The molecule has 98 valence electrons. The van der Waals surface area contributed by atoms with Crippen LogP contribution in [0.25, 0.3) is 0 Å². The van der Waals surface area contributed by atoms with Gasteiger partial charge in [0.2, 0.25) is 0 Å². The first-order valence-electron chi connectivity index (χ1n) is 6.44. The lowest BCUT2D eigenvalue weighted by Gasteiger charge is -2.37. The number of urea groups is 1. The number of amides is 2. The van der Waals surface area contributed by atoms with Crippen LogP contribution in [0.5, 0.6) is 0 Å². The van der Waals surface area contributed by atoms with Crippen molar-refractivity contribution >= 4 is 6.03 Å². The maximum atomic E-state index is 12.0. The molecule has 0 saturated carbocycles. The van der Waals surface area contributed by atoms with Gasteiger partial charge in [0.05, 0.1) is 0 Å². The van der Waals surface area contributed by atoms with Crippen LogP contribution in [0.15, 0.2) is 30.3 Å². The van der Waals surface area contributed by atoms with Gasteiger partial charge in [-0.15, -0.1) is 0 Å². The Labute approximate surface area is 109 Å². The Morgan fingerprint density at radius 3 is 2.72 bits per heavy atom. The summed E-state index contributed by atoms with van der Waals surface area (Å²) in [4.78, 5) is 16.2. The molecule has 1 atom stereocenters. The third-order valence-corrected chi connectivity index (χ3v) is 3.53. The van der Waals surface area contributed by atoms with Gasteiger partial charge in [-0.1, -0.05) is 30.3 Å². The highest BCUT2D eigenvalue weighted by atomic mass is 16.2. The van der Waals surface area contributed by atoms with Crippen LogP contribution in [0, 0.1) is 0 Å². The molecule has 4 nitrogen and oxygen atoms in total. The summed E-state index contributed by atoms with van der Waals surface area (Å²) in [6.07, 6.45) is 0. The molecule has 1 saturated heterocycles. The molecule has 4 heteroatoms.